The van der Waals surface area contributed by atoms with Crippen LogP contribution in [0.15, 0.2) is 53.8 Å². The fourth-order valence-electron chi connectivity index (χ4n) is 1.96. The lowest BCUT2D eigenvalue weighted by Crippen LogP contribution is -2.19. The summed E-state index contributed by atoms with van der Waals surface area (Å²) in [5.41, 5.74) is 4.41. The minimum atomic E-state index is -0.346. The summed E-state index contributed by atoms with van der Waals surface area (Å²) in [5.74, 6) is 1.13. The van der Waals surface area contributed by atoms with Crippen LogP contribution in [-0.2, 0) is 0 Å². The first kappa shape index (κ1) is 14.8. The number of benzene rings is 1. The van der Waals surface area contributed by atoms with Crippen LogP contribution in [0.1, 0.15) is 23.0 Å². The maximum atomic E-state index is 11.8. The molecule has 1 aliphatic heterocycles. The minimum absolute atomic E-state index is 0.253. The number of amides is 1. The molecule has 116 valence electrons. The third-order valence-electron chi connectivity index (χ3n) is 3.14. The van der Waals surface area contributed by atoms with E-state index < -0.39 is 0 Å². The van der Waals surface area contributed by atoms with E-state index in [2.05, 4.69) is 15.5 Å². The molecular formula is C17H15N3O3. The average Bonchev–Trinajstić information content (AvgIpc) is 3.06. The Bertz CT molecular complexity index is 770. The zero-order valence-corrected chi connectivity index (χ0v) is 12.5. The van der Waals surface area contributed by atoms with Crippen molar-refractivity contribution in [2.45, 2.75) is 6.92 Å². The average molecular weight is 309 g/mol. The molecule has 0 atom stereocenters. The number of aromatic nitrogens is 1. The largest absolute Gasteiger partial charge is 0.454 e. The van der Waals surface area contributed by atoms with E-state index in [1.54, 1.807) is 37.4 Å². The van der Waals surface area contributed by atoms with Gasteiger partial charge in [-0.3, -0.25) is 9.78 Å². The molecule has 23 heavy (non-hydrogen) atoms. The number of fused-ring (bicyclic) bond motifs is 1. The van der Waals surface area contributed by atoms with E-state index in [-0.39, 0.29) is 12.7 Å². The van der Waals surface area contributed by atoms with Crippen LogP contribution in [0.3, 0.4) is 0 Å². The second kappa shape index (κ2) is 6.74. The summed E-state index contributed by atoms with van der Waals surface area (Å²) >= 11 is 0. The van der Waals surface area contributed by atoms with Crippen LogP contribution in [-0.4, -0.2) is 23.4 Å². The van der Waals surface area contributed by atoms with Gasteiger partial charge in [0.05, 0.1) is 5.71 Å². The van der Waals surface area contributed by atoms with E-state index in [1.807, 2.05) is 24.3 Å². The number of rotatable bonds is 4. The summed E-state index contributed by atoms with van der Waals surface area (Å²) in [7, 11) is 0. The van der Waals surface area contributed by atoms with Crippen LogP contribution in [0.5, 0.6) is 11.5 Å². The van der Waals surface area contributed by atoms with Gasteiger partial charge in [0, 0.05) is 6.20 Å². The Balaban J connectivity index is 1.62. The first-order valence-corrected chi connectivity index (χ1v) is 7.06. The minimum Gasteiger partial charge on any atom is -0.454 e. The zero-order chi connectivity index (χ0) is 16.1. The Kier molecular flexibility index (Phi) is 4.33. The molecule has 1 aromatic carbocycles. The van der Waals surface area contributed by atoms with Crippen LogP contribution >= 0.6 is 0 Å². The molecular weight excluding hydrogens is 294 g/mol. The first-order chi connectivity index (χ1) is 11.2. The summed E-state index contributed by atoms with van der Waals surface area (Å²) in [6.45, 7) is 2.05. The highest BCUT2D eigenvalue weighted by molar-refractivity contribution is 5.98. The maximum Gasteiger partial charge on any atom is 0.289 e. The fourth-order valence-corrected chi connectivity index (χ4v) is 1.96. The standard InChI is InChI=1S/C17H15N3O3/c1-12(19-20-17(21)14-4-2-3-9-18-14)5-6-13-7-8-15-16(10-13)23-11-22-15/h2-10H,11H2,1H3,(H,20,21)/b6-5+,19-12+. The quantitative estimate of drug-likeness (QED) is 0.696. The Morgan fingerprint density at radius 2 is 2.13 bits per heavy atom. The Hall–Kier alpha value is -3.15. The van der Waals surface area contributed by atoms with Crippen LogP contribution in [0, 0.1) is 0 Å². The van der Waals surface area contributed by atoms with Crippen molar-refractivity contribution in [1.29, 1.82) is 0 Å². The third kappa shape index (κ3) is 3.74. The number of pyridine rings is 1. The number of allylic oxidation sites excluding steroid dienone is 1. The predicted octanol–water partition coefficient (Wildman–Crippen LogP) is 2.63. The lowest BCUT2D eigenvalue weighted by atomic mass is 10.2. The van der Waals surface area contributed by atoms with Gasteiger partial charge in [0.1, 0.15) is 5.69 Å². The van der Waals surface area contributed by atoms with Crippen LogP contribution in [0.2, 0.25) is 0 Å². The van der Waals surface area contributed by atoms with Crippen molar-refractivity contribution in [3.05, 3.63) is 59.9 Å². The van der Waals surface area contributed by atoms with E-state index >= 15 is 0 Å². The predicted molar refractivity (Wildman–Crippen MR) is 86.4 cm³/mol. The monoisotopic (exact) mass is 309 g/mol. The highest BCUT2D eigenvalue weighted by Gasteiger charge is 2.12. The second-order valence-corrected chi connectivity index (χ2v) is 4.86. The molecule has 6 heteroatoms. The molecule has 2 aromatic rings. The molecule has 0 saturated heterocycles. The van der Waals surface area contributed by atoms with E-state index in [0.29, 0.717) is 11.4 Å². The molecule has 2 heterocycles. The van der Waals surface area contributed by atoms with Crippen molar-refractivity contribution in [1.82, 2.24) is 10.4 Å². The number of hydrogen-bond acceptors (Lipinski definition) is 5. The van der Waals surface area contributed by atoms with Crippen molar-refractivity contribution >= 4 is 17.7 Å². The topological polar surface area (TPSA) is 72.8 Å². The number of carbonyl (C=O) groups excluding carboxylic acids is 1. The SMILES string of the molecule is CC(/C=C/c1ccc2c(c1)OCO2)=N\NC(=O)c1ccccn1. The van der Waals surface area contributed by atoms with Gasteiger partial charge in [-0.15, -0.1) is 0 Å². The van der Waals surface area contributed by atoms with Crippen LogP contribution in [0.4, 0.5) is 0 Å². The highest BCUT2D eigenvalue weighted by Crippen LogP contribution is 2.32. The van der Waals surface area contributed by atoms with Crippen molar-refractivity contribution in [2.24, 2.45) is 5.10 Å². The number of nitrogens with one attached hydrogen (secondary N) is 1. The Morgan fingerprint density at radius 1 is 1.26 bits per heavy atom. The van der Waals surface area contributed by atoms with Gasteiger partial charge in [-0.25, -0.2) is 5.43 Å². The van der Waals surface area contributed by atoms with Crippen molar-refractivity contribution < 1.29 is 14.3 Å². The molecule has 0 saturated carbocycles. The summed E-state index contributed by atoms with van der Waals surface area (Å²) in [4.78, 5) is 15.8. The van der Waals surface area contributed by atoms with Crippen molar-refractivity contribution in [3.8, 4) is 11.5 Å². The molecule has 0 aliphatic carbocycles. The molecule has 3 rings (SSSR count). The molecule has 1 amide bonds. The van der Waals surface area contributed by atoms with Gasteiger partial charge in [-0.05, 0) is 42.8 Å². The Morgan fingerprint density at radius 3 is 2.96 bits per heavy atom. The number of nitrogens with zero attached hydrogens (tertiary/aromatic N) is 2. The molecule has 0 fully saturated rings. The third-order valence-corrected chi connectivity index (χ3v) is 3.14. The molecule has 6 nitrogen and oxygen atoms in total. The van der Waals surface area contributed by atoms with Crippen molar-refractivity contribution in [3.63, 3.8) is 0 Å². The van der Waals surface area contributed by atoms with Crippen molar-refractivity contribution in [2.75, 3.05) is 6.79 Å². The fraction of sp³-hybridized carbons (Fsp3) is 0.118. The van der Waals surface area contributed by atoms with Gasteiger partial charge >= 0.3 is 0 Å². The summed E-state index contributed by atoms with van der Waals surface area (Å²) in [6, 6.07) is 10.8. The van der Waals surface area contributed by atoms with E-state index in [4.69, 9.17) is 9.47 Å². The van der Waals surface area contributed by atoms with Gasteiger partial charge in [0.15, 0.2) is 11.5 Å². The van der Waals surface area contributed by atoms with E-state index in [9.17, 15) is 4.79 Å². The van der Waals surface area contributed by atoms with Gasteiger partial charge in [0.25, 0.3) is 5.91 Å². The van der Waals surface area contributed by atoms with Gasteiger partial charge in [-0.1, -0.05) is 18.2 Å². The van der Waals surface area contributed by atoms with Crippen LogP contribution in [0.25, 0.3) is 6.08 Å². The normalized spacial score (nSPS) is 13.3. The second-order valence-electron chi connectivity index (χ2n) is 4.86. The summed E-state index contributed by atoms with van der Waals surface area (Å²) in [6.07, 6.45) is 5.25. The van der Waals surface area contributed by atoms with E-state index in [0.717, 1.165) is 17.1 Å². The summed E-state index contributed by atoms with van der Waals surface area (Å²) < 4.78 is 10.6. The number of hydrazone groups is 1. The van der Waals surface area contributed by atoms with Gasteiger partial charge < -0.3 is 9.47 Å². The molecule has 1 aliphatic rings. The number of ether oxygens (including phenoxy) is 2. The lowest BCUT2D eigenvalue weighted by Gasteiger charge is -2.00. The number of hydrogen-bond donors (Lipinski definition) is 1. The zero-order valence-electron chi connectivity index (χ0n) is 12.5. The Labute approximate surface area is 133 Å². The smallest absolute Gasteiger partial charge is 0.289 e. The lowest BCUT2D eigenvalue weighted by molar-refractivity contribution is 0.0950. The highest BCUT2D eigenvalue weighted by atomic mass is 16.7. The van der Waals surface area contributed by atoms with Gasteiger partial charge in [0.2, 0.25) is 6.79 Å². The molecule has 0 radical (unpaired) electrons. The van der Waals surface area contributed by atoms with Crippen LogP contribution < -0.4 is 14.9 Å². The van der Waals surface area contributed by atoms with Gasteiger partial charge in [-0.2, -0.15) is 5.10 Å². The van der Waals surface area contributed by atoms with E-state index in [1.165, 1.54) is 0 Å². The molecule has 0 spiro atoms. The molecule has 1 N–H and O–H groups in total. The maximum absolute atomic E-state index is 11.8. The first-order valence-electron chi connectivity index (χ1n) is 7.06. The number of carbonyl (C=O) groups is 1. The molecule has 1 aromatic heterocycles. The molecule has 0 bridgehead atoms. The summed E-state index contributed by atoms with van der Waals surface area (Å²) in [5, 5.41) is 4.02. The molecule has 0 unspecified atom stereocenters.